The zero-order valence-corrected chi connectivity index (χ0v) is 14.2. The van der Waals surface area contributed by atoms with Gasteiger partial charge in [-0.2, -0.15) is 0 Å². The molecule has 0 radical (unpaired) electrons. The van der Waals surface area contributed by atoms with Gasteiger partial charge in [-0.05, 0) is 62.3 Å². The van der Waals surface area contributed by atoms with E-state index >= 15 is 0 Å². The number of aromatic nitrogens is 1. The predicted molar refractivity (Wildman–Crippen MR) is 90.8 cm³/mol. The number of nitrogens with one attached hydrogen (secondary N) is 1. The maximum Gasteiger partial charge on any atom is 0.128 e. The number of anilines is 1. The summed E-state index contributed by atoms with van der Waals surface area (Å²) < 4.78 is 0. The highest BCUT2D eigenvalue weighted by Crippen LogP contribution is 2.31. The minimum atomic E-state index is 0.398. The van der Waals surface area contributed by atoms with Crippen LogP contribution in [0.15, 0.2) is 18.3 Å². The Morgan fingerprint density at radius 1 is 1.33 bits per heavy atom. The highest BCUT2D eigenvalue weighted by atomic mass is 15.2. The molecule has 3 heteroatoms. The molecule has 2 rings (SSSR count). The lowest BCUT2D eigenvalue weighted by atomic mass is 9.85. The zero-order chi connectivity index (χ0) is 15.3. The Labute approximate surface area is 130 Å². The zero-order valence-electron chi connectivity index (χ0n) is 14.2. The van der Waals surface area contributed by atoms with Crippen molar-refractivity contribution in [3.05, 3.63) is 23.9 Å². The molecule has 1 aliphatic heterocycles. The second-order valence-electron chi connectivity index (χ2n) is 7.13. The van der Waals surface area contributed by atoms with Crippen molar-refractivity contribution in [2.45, 2.75) is 59.4 Å². The normalized spacial score (nSPS) is 20.1. The Bertz CT molecular complexity index is 442. The molecule has 3 nitrogen and oxygen atoms in total. The lowest BCUT2D eigenvalue weighted by Crippen LogP contribution is -2.26. The lowest BCUT2D eigenvalue weighted by molar-refractivity contribution is 0.325. The lowest BCUT2D eigenvalue weighted by Gasteiger charge is -2.25. The molecule has 1 aliphatic rings. The van der Waals surface area contributed by atoms with Gasteiger partial charge in [-0.25, -0.2) is 4.98 Å². The highest BCUT2D eigenvalue weighted by molar-refractivity contribution is 5.42. The van der Waals surface area contributed by atoms with E-state index < -0.39 is 0 Å². The summed E-state index contributed by atoms with van der Waals surface area (Å²) in [4.78, 5) is 7.08. The third-order valence-corrected chi connectivity index (χ3v) is 4.63. The summed E-state index contributed by atoms with van der Waals surface area (Å²) >= 11 is 0. The van der Waals surface area contributed by atoms with Gasteiger partial charge in [0.1, 0.15) is 5.82 Å². The van der Waals surface area contributed by atoms with Crippen molar-refractivity contribution in [3.8, 4) is 0 Å². The van der Waals surface area contributed by atoms with Crippen LogP contribution in [0.25, 0.3) is 0 Å². The first-order chi connectivity index (χ1) is 10.0. The molecule has 0 spiro atoms. The van der Waals surface area contributed by atoms with Crippen molar-refractivity contribution < 1.29 is 0 Å². The van der Waals surface area contributed by atoms with E-state index in [9.17, 15) is 0 Å². The van der Waals surface area contributed by atoms with Gasteiger partial charge >= 0.3 is 0 Å². The fraction of sp³-hybridized carbons (Fsp3) is 0.722. The van der Waals surface area contributed by atoms with Crippen molar-refractivity contribution in [2.75, 3.05) is 24.5 Å². The van der Waals surface area contributed by atoms with Crippen LogP contribution in [0.1, 0.15) is 65.0 Å². The Balaban J connectivity index is 2.06. The van der Waals surface area contributed by atoms with Gasteiger partial charge in [0, 0.05) is 25.3 Å². The molecule has 0 saturated carbocycles. The van der Waals surface area contributed by atoms with E-state index in [2.05, 4.69) is 55.0 Å². The average molecular weight is 289 g/mol. The first-order valence-electron chi connectivity index (χ1n) is 8.46. The van der Waals surface area contributed by atoms with Gasteiger partial charge in [-0.1, -0.05) is 20.8 Å². The predicted octanol–water partition coefficient (Wildman–Crippen LogP) is 4.16. The summed E-state index contributed by atoms with van der Waals surface area (Å²) in [6.07, 6.45) is 6.97. The molecule has 1 atom stereocenters. The monoisotopic (exact) mass is 289 g/mol. The van der Waals surface area contributed by atoms with E-state index in [0.717, 1.165) is 25.5 Å². The van der Waals surface area contributed by atoms with Gasteiger partial charge in [-0.15, -0.1) is 0 Å². The van der Waals surface area contributed by atoms with Gasteiger partial charge in [0.15, 0.2) is 0 Å². The second kappa shape index (κ2) is 7.26. The van der Waals surface area contributed by atoms with Crippen LogP contribution in [0, 0.1) is 5.41 Å². The van der Waals surface area contributed by atoms with Crippen molar-refractivity contribution >= 4 is 5.82 Å². The Kier molecular flexibility index (Phi) is 5.63. The van der Waals surface area contributed by atoms with Gasteiger partial charge in [0.25, 0.3) is 0 Å². The summed E-state index contributed by atoms with van der Waals surface area (Å²) in [5.41, 5.74) is 1.82. The first kappa shape index (κ1) is 16.3. The van der Waals surface area contributed by atoms with E-state index in [1.54, 1.807) is 0 Å². The molecule has 1 aromatic heterocycles. The number of rotatable bonds is 5. The molecule has 1 N–H and O–H groups in total. The van der Waals surface area contributed by atoms with Crippen molar-refractivity contribution in [2.24, 2.45) is 5.41 Å². The fourth-order valence-corrected chi connectivity index (χ4v) is 3.01. The Morgan fingerprint density at radius 2 is 2.14 bits per heavy atom. The van der Waals surface area contributed by atoms with Crippen LogP contribution in [0.2, 0.25) is 0 Å². The largest absolute Gasteiger partial charge is 0.357 e. The van der Waals surface area contributed by atoms with Crippen molar-refractivity contribution in [1.29, 1.82) is 0 Å². The molecule has 21 heavy (non-hydrogen) atoms. The van der Waals surface area contributed by atoms with Gasteiger partial charge in [-0.3, -0.25) is 0 Å². The molecule has 1 aromatic rings. The highest BCUT2D eigenvalue weighted by Gasteiger charge is 2.23. The van der Waals surface area contributed by atoms with E-state index in [4.69, 9.17) is 0 Å². The second-order valence-corrected chi connectivity index (χ2v) is 7.13. The average Bonchev–Trinajstić information content (AvgIpc) is 2.65. The molecule has 1 fully saturated rings. The Hall–Kier alpha value is -1.09. The standard InChI is InChI=1S/C18H31N3/c1-5-10-19-15(2)16-7-11-20-17(14-16)21-12-6-8-18(3,4)9-13-21/h7,11,14-15,19H,5-6,8-10,12-13H2,1-4H3. The van der Waals surface area contributed by atoms with Crippen LogP contribution in [0.3, 0.4) is 0 Å². The number of hydrogen-bond acceptors (Lipinski definition) is 3. The van der Waals surface area contributed by atoms with Gasteiger partial charge in [0.05, 0.1) is 0 Å². The summed E-state index contributed by atoms with van der Waals surface area (Å²) in [6, 6.07) is 4.81. The number of hydrogen-bond donors (Lipinski definition) is 1. The molecular formula is C18H31N3. The fourth-order valence-electron chi connectivity index (χ4n) is 3.01. The maximum atomic E-state index is 4.61. The van der Waals surface area contributed by atoms with Gasteiger partial charge in [0.2, 0.25) is 0 Å². The van der Waals surface area contributed by atoms with Crippen LogP contribution in [-0.2, 0) is 0 Å². The Morgan fingerprint density at radius 3 is 2.90 bits per heavy atom. The molecule has 0 aromatic carbocycles. The number of nitrogens with zero attached hydrogens (tertiary/aromatic N) is 2. The third-order valence-electron chi connectivity index (χ3n) is 4.63. The van der Waals surface area contributed by atoms with E-state index in [-0.39, 0.29) is 0 Å². The van der Waals surface area contributed by atoms with Crippen LogP contribution >= 0.6 is 0 Å². The van der Waals surface area contributed by atoms with Crippen LogP contribution < -0.4 is 10.2 Å². The quantitative estimate of drug-likeness (QED) is 0.882. The van der Waals surface area contributed by atoms with E-state index in [1.807, 2.05) is 6.20 Å². The molecule has 1 unspecified atom stereocenters. The minimum Gasteiger partial charge on any atom is -0.357 e. The summed E-state index contributed by atoms with van der Waals surface area (Å²) in [6.45, 7) is 12.5. The minimum absolute atomic E-state index is 0.398. The smallest absolute Gasteiger partial charge is 0.128 e. The summed E-state index contributed by atoms with van der Waals surface area (Å²) in [7, 11) is 0. The van der Waals surface area contributed by atoms with Crippen LogP contribution in [0.5, 0.6) is 0 Å². The maximum absolute atomic E-state index is 4.61. The molecular weight excluding hydrogens is 258 g/mol. The van der Waals surface area contributed by atoms with Crippen molar-refractivity contribution in [1.82, 2.24) is 10.3 Å². The summed E-state index contributed by atoms with van der Waals surface area (Å²) in [5.74, 6) is 1.15. The van der Waals surface area contributed by atoms with E-state index in [1.165, 1.54) is 31.2 Å². The molecule has 0 amide bonds. The van der Waals surface area contributed by atoms with Crippen LogP contribution in [0.4, 0.5) is 5.82 Å². The first-order valence-corrected chi connectivity index (χ1v) is 8.46. The SMILES string of the molecule is CCCNC(C)c1ccnc(N2CCCC(C)(C)CC2)c1. The molecule has 2 heterocycles. The summed E-state index contributed by atoms with van der Waals surface area (Å²) in [5, 5.41) is 3.56. The third kappa shape index (κ3) is 4.70. The molecule has 0 aliphatic carbocycles. The molecule has 1 saturated heterocycles. The van der Waals surface area contributed by atoms with Gasteiger partial charge < -0.3 is 10.2 Å². The van der Waals surface area contributed by atoms with E-state index in [0.29, 0.717) is 11.5 Å². The van der Waals surface area contributed by atoms with Crippen LogP contribution in [-0.4, -0.2) is 24.6 Å². The number of pyridine rings is 1. The topological polar surface area (TPSA) is 28.2 Å². The molecule has 118 valence electrons. The molecule has 0 bridgehead atoms. The van der Waals surface area contributed by atoms with Crippen molar-refractivity contribution in [3.63, 3.8) is 0 Å².